The van der Waals surface area contributed by atoms with Crippen LogP contribution in [0.4, 0.5) is 17.1 Å². The highest BCUT2D eigenvalue weighted by Gasteiger charge is 2.23. The number of aromatic nitrogens is 2. The molecular formula is C48H41N3O. The molecule has 1 aromatic heterocycles. The van der Waals surface area contributed by atoms with Gasteiger partial charge in [0.2, 0.25) is 0 Å². The average molecular weight is 676 g/mol. The number of benzene rings is 6. The Labute approximate surface area is 306 Å². The molecule has 0 unspecified atom stereocenters. The van der Waals surface area contributed by atoms with Crippen LogP contribution < -0.4 is 9.64 Å². The second kappa shape index (κ2) is 15.2. The van der Waals surface area contributed by atoms with Crippen LogP contribution in [0.1, 0.15) is 25.0 Å². The number of rotatable bonds is 10. The fourth-order valence-corrected chi connectivity index (χ4v) is 6.91. The molecule has 7 rings (SSSR count). The summed E-state index contributed by atoms with van der Waals surface area (Å²) in [4.78, 5) is 12.6. The molecule has 0 aliphatic rings. The van der Waals surface area contributed by atoms with E-state index in [4.69, 9.17) is 14.7 Å². The number of anilines is 3. The Kier molecular flexibility index (Phi) is 9.90. The third kappa shape index (κ3) is 6.67. The topological polar surface area (TPSA) is 38.2 Å². The molecule has 0 spiro atoms. The summed E-state index contributed by atoms with van der Waals surface area (Å²) in [5, 5.41) is 2.31. The second-order valence-electron chi connectivity index (χ2n) is 12.7. The number of hydrogen-bond acceptors (Lipinski definition) is 4. The molecule has 6 aromatic carbocycles. The first-order valence-electron chi connectivity index (χ1n) is 17.5. The number of fused-ring (bicyclic) bond motifs is 1. The van der Waals surface area contributed by atoms with E-state index in [2.05, 4.69) is 135 Å². The van der Waals surface area contributed by atoms with E-state index in [1.807, 2.05) is 61.5 Å². The molecule has 52 heavy (non-hydrogen) atoms. The Balaban J connectivity index is 1.49. The number of hydrogen-bond donors (Lipinski definition) is 0. The van der Waals surface area contributed by atoms with Crippen molar-refractivity contribution in [3.05, 3.63) is 187 Å². The molecule has 0 aliphatic heterocycles. The van der Waals surface area contributed by atoms with Crippen molar-refractivity contribution in [2.24, 2.45) is 0 Å². The maximum Gasteiger partial charge on any atom is 0.160 e. The van der Waals surface area contributed by atoms with Gasteiger partial charge in [-0.05, 0) is 90.2 Å². The quantitative estimate of drug-likeness (QED) is 0.135. The SMILES string of the molecule is C=C/C(=C(C)\C=C/C)c1c(C)c(N(c2cccc(-c3nc(-c4ccccc4)cc(-c4ccccc4)n3)c2)c2ccccc2OC)cc2ccccc12. The van der Waals surface area contributed by atoms with Gasteiger partial charge in [-0.2, -0.15) is 0 Å². The van der Waals surface area contributed by atoms with Gasteiger partial charge in [0.05, 0.1) is 29.9 Å². The van der Waals surface area contributed by atoms with E-state index in [0.29, 0.717) is 5.82 Å². The molecule has 1 heterocycles. The summed E-state index contributed by atoms with van der Waals surface area (Å²) in [6.07, 6.45) is 6.20. The van der Waals surface area contributed by atoms with E-state index < -0.39 is 0 Å². The predicted molar refractivity (Wildman–Crippen MR) is 219 cm³/mol. The molecule has 0 bridgehead atoms. The van der Waals surface area contributed by atoms with Gasteiger partial charge in [0.1, 0.15) is 5.75 Å². The highest BCUT2D eigenvalue weighted by Crippen LogP contribution is 2.46. The van der Waals surface area contributed by atoms with Crippen LogP contribution in [0, 0.1) is 6.92 Å². The van der Waals surface area contributed by atoms with Crippen LogP contribution in [0.15, 0.2) is 176 Å². The minimum Gasteiger partial charge on any atom is -0.495 e. The van der Waals surface area contributed by atoms with Crippen molar-refractivity contribution in [1.29, 1.82) is 0 Å². The standard InChI is InChI=1S/C48H41N3O/c1-6-19-33(3)40(7-2)47-34(4)45(31-37-24-14-15-27-41(37)47)51(44-28-16-17-29-46(44)52-5)39-26-18-25-38(30-39)48-49-42(35-20-10-8-11-21-35)32-43(50-48)36-22-12-9-13-23-36/h6-32H,2H2,1,3-5H3/b19-6-,40-33+. The number of ether oxygens (including phenoxy) is 1. The summed E-state index contributed by atoms with van der Waals surface area (Å²) in [6.45, 7) is 10.7. The second-order valence-corrected chi connectivity index (χ2v) is 12.7. The smallest absolute Gasteiger partial charge is 0.160 e. The van der Waals surface area contributed by atoms with Gasteiger partial charge in [-0.1, -0.05) is 134 Å². The summed E-state index contributed by atoms with van der Waals surface area (Å²) >= 11 is 0. The third-order valence-corrected chi connectivity index (χ3v) is 9.39. The van der Waals surface area contributed by atoms with Crippen molar-refractivity contribution >= 4 is 33.4 Å². The van der Waals surface area contributed by atoms with Gasteiger partial charge in [-0.25, -0.2) is 9.97 Å². The lowest BCUT2D eigenvalue weighted by Crippen LogP contribution is -2.14. The molecule has 0 aliphatic carbocycles. The van der Waals surface area contributed by atoms with E-state index in [9.17, 15) is 0 Å². The minimum atomic E-state index is 0.650. The minimum absolute atomic E-state index is 0.650. The van der Waals surface area contributed by atoms with Crippen LogP contribution in [0.5, 0.6) is 5.75 Å². The molecule has 0 atom stereocenters. The summed E-state index contributed by atoms with van der Waals surface area (Å²) in [7, 11) is 1.72. The molecule has 0 saturated heterocycles. The van der Waals surface area contributed by atoms with Crippen LogP contribution in [0.2, 0.25) is 0 Å². The van der Waals surface area contributed by atoms with Crippen molar-refractivity contribution in [1.82, 2.24) is 9.97 Å². The Morgan fingerprint density at radius 2 is 1.29 bits per heavy atom. The van der Waals surface area contributed by atoms with Gasteiger partial charge in [-0.3, -0.25) is 0 Å². The van der Waals surface area contributed by atoms with Crippen LogP contribution in [0.3, 0.4) is 0 Å². The Morgan fingerprint density at radius 1 is 0.673 bits per heavy atom. The highest BCUT2D eigenvalue weighted by atomic mass is 16.5. The Hall–Kier alpha value is -6.52. The molecule has 0 amide bonds. The Morgan fingerprint density at radius 3 is 1.94 bits per heavy atom. The van der Waals surface area contributed by atoms with Crippen molar-refractivity contribution in [2.45, 2.75) is 20.8 Å². The highest BCUT2D eigenvalue weighted by molar-refractivity contribution is 6.03. The first-order chi connectivity index (χ1) is 25.5. The van der Waals surface area contributed by atoms with Crippen molar-refractivity contribution < 1.29 is 4.74 Å². The maximum absolute atomic E-state index is 6.01. The van der Waals surface area contributed by atoms with Crippen molar-refractivity contribution in [2.75, 3.05) is 12.0 Å². The van der Waals surface area contributed by atoms with Crippen LogP contribution in [-0.2, 0) is 0 Å². The van der Waals surface area contributed by atoms with Crippen LogP contribution in [0.25, 0.3) is 50.2 Å². The lowest BCUT2D eigenvalue weighted by atomic mass is 9.89. The zero-order chi connectivity index (χ0) is 36.0. The summed E-state index contributed by atoms with van der Waals surface area (Å²) in [5.41, 5.74) is 12.2. The van der Waals surface area contributed by atoms with E-state index >= 15 is 0 Å². The molecule has 0 N–H and O–H groups in total. The molecule has 4 heteroatoms. The van der Waals surface area contributed by atoms with E-state index in [0.717, 1.165) is 78.5 Å². The van der Waals surface area contributed by atoms with Gasteiger partial charge in [0.25, 0.3) is 0 Å². The summed E-state index contributed by atoms with van der Waals surface area (Å²) < 4.78 is 6.01. The number of methoxy groups -OCH3 is 1. The molecule has 0 radical (unpaired) electrons. The molecule has 0 saturated carbocycles. The van der Waals surface area contributed by atoms with Gasteiger partial charge < -0.3 is 9.64 Å². The maximum atomic E-state index is 6.01. The predicted octanol–water partition coefficient (Wildman–Crippen LogP) is 13.0. The summed E-state index contributed by atoms with van der Waals surface area (Å²) in [6, 6.07) is 50.1. The molecule has 254 valence electrons. The zero-order valence-electron chi connectivity index (χ0n) is 30.0. The van der Waals surface area contributed by atoms with E-state index in [1.165, 1.54) is 5.39 Å². The first kappa shape index (κ1) is 34.0. The van der Waals surface area contributed by atoms with Gasteiger partial charge in [-0.15, -0.1) is 0 Å². The Bertz CT molecular complexity index is 2390. The van der Waals surface area contributed by atoms with Crippen LogP contribution >= 0.6 is 0 Å². The summed E-state index contributed by atoms with van der Waals surface area (Å²) in [5.74, 6) is 1.41. The number of nitrogens with zero attached hydrogens (tertiary/aromatic N) is 3. The van der Waals surface area contributed by atoms with E-state index in [1.54, 1.807) is 7.11 Å². The van der Waals surface area contributed by atoms with Crippen molar-refractivity contribution in [3.63, 3.8) is 0 Å². The van der Waals surface area contributed by atoms with Gasteiger partial charge >= 0.3 is 0 Å². The monoisotopic (exact) mass is 675 g/mol. The lowest BCUT2D eigenvalue weighted by Gasteiger charge is -2.30. The van der Waals surface area contributed by atoms with E-state index in [-0.39, 0.29) is 0 Å². The van der Waals surface area contributed by atoms with Crippen LogP contribution in [-0.4, -0.2) is 17.1 Å². The molecule has 7 aromatic rings. The molecular weight excluding hydrogens is 635 g/mol. The normalized spacial score (nSPS) is 11.8. The number of allylic oxidation sites excluding steroid dienone is 5. The first-order valence-corrected chi connectivity index (χ1v) is 17.5. The molecule has 4 nitrogen and oxygen atoms in total. The van der Waals surface area contributed by atoms with Crippen molar-refractivity contribution in [3.8, 4) is 39.7 Å². The van der Waals surface area contributed by atoms with Gasteiger partial charge in [0.15, 0.2) is 5.82 Å². The zero-order valence-corrected chi connectivity index (χ0v) is 30.0. The number of para-hydroxylation sites is 2. The fourth-order valence-electron chi connectivity index (χ4n) is 6.91. The van der Waals surface area contributed by atoms with Gasteiger partial charge in [0, 0.05) is 22.4 Å². The largest absolute Gasteiger partial charge is 0.495 e. The lowest BCUT2D eigenvalue weighted by molar-refractivity contribution is 0.416. The third-order valence-electron chi connectivity index (χ3n) is 9.39. The fraction of sp³-hybridized carbons (Fsp3) is 0.0833. The molecule has 0 fully saturated rings. The average Bonchev–Trinajstić information content (AvgIpc) is 3.20.